The Bertz CT molecular complexity index is 1190. The molecule has 40 heavy (non-hydrogen) atoms. The van der Waals surface area contributed by atoms with E-state index in [1.54, 1.807) is 17.0 Å². The van der Waals surface area contributed by atoms with Crippen molar-refractivity contribution >= 4 is 23.8 Å². The van der Waals surface area contributed by atoms with E-state index in [1.807, 2.05) is 26.8 Å². The number of hydrogen-bond acceptors (Lipinski definition) is 7. The second kappa shape index (κ2) is 12.8. The standard InChI is InChI=1S/C30H40N4O6/c1-30(2,3)40-29(38)33(22-12-10-21(31)11-13-22)16-18-39-17-5-4-7-20-8-6-9-23-24(20)19-34(28(23)37)25-14-15-26(35)32-27(25)36/h6,8-9,21-22,25H,5,10-19,31H2,1-3H3,(H,32,35,36). The van der Waals surface area contributed by atoms with Gasteiger partial charge >= 0.3 is 6.09 Å². The van der Waals surface area contributed by atoms with Crippen molar-refractivity contribution in [3.63, 3.8) is 0 Å². The first-order chi connectivity index (χ1) is 19.0. The highest BCUT2D eigenvalue weighted by Gasteiger charge is 2.39. The van der Waals surface area contributed by atoms with Gasteiger partial charge in [0.05, 0.1) is 13.2 Å². The molecule has 10 nitrogen and oxygen atoms in total. The van der Waals surface area contributed by atoms with E-state index in [2.05, 4.69) is 17.2 Å². The highest BCUT2D eigenvalue weighted by atomic mass is 16.6. The highest BCUT2D eigenvalue weighted by Crippen LogP contribution is 2.29. The van der Waals surface area contributed by atoms with Gasteiger partial charge in [0, 0.05) is 49.1 Å². The zero-order valence-electron chi connectivity index (χ0n) is 23.7. The number of nitrogens with zero attached hydrogens (tertiary/aromatic N) is 2. The number of fused-ring (bicyclic) bond motifs is 1. The number of carbonyl (C=O) groups is 4. The molecule has 2 heterocycles. The first kappa shape index (κ1) is 29.6. The van der Waals surface area contributed by atoms with Gasteiger partial charge < -0.3 is 25.0 Å². The van der Waals surface area contributed by atoms with E-state index in [9.17, 15) is 19.2 Å². The predicted octanol–water partition coefficient (Wildman–Crippen LogP) is 2.71. The quantitative estimate of drug-likeness (QED) is 0.302. The molecule has 0 bridgehead atoms. The number of benzene rings is 1. The van der Waals surface area contributed by atoms with Crippen LogP contribution >= 0.6 is 0 Å². The summed E-state index contributed by atoms with van der Waals surface area (Å²) >= 11 is 0. The Hall–Kier alpha value is -3.42. The Morgan fingerprint density at radius 1 is 1.12 bits per heavy atom. The van der Waals surface area contributed by atoms with Crippen LogP contribution in [0.3, 0.4) is 0 Å². The molecule has 2 fully saturated rings. The molecule has 1 saturated heterocycles. The fraction of sp³-hybridized carbons (Fsp3) is 0.600. The van der Waals surface area contributed by atoms with E-state index in [1.165, 1.54) is 4.90 Å². The van der Waals surface area contributed by atoms with Gasteiger partial charge in [0.2, 0.25) is 11.8 Å². The third-order valence-corrected chi connectivity index (χ3v) is 7.46. The van der Waals surface area contributed by atoms with Gasteiger partial charge in [-0.25, -0.2) is 4.79 Å². The van der Waals surface area contributed by atoms with Crippen molar-refractivity contribution in [2.24, 2.45) is 5.73 Å². The number of piperidine rings is 1. The fourth-order valence-corrected chi connectivity index (χ4v) is 5.41. The first-order valence-electron chi connectivity index (χ1n) is 14.1. The number of carbonyl (C=O) groups excluding carboxylic acids is 4. The molecule has 3 aliphatic rings. The lowest BCUT2D eigenvalue weighted by atomic mass is 9.91. The number of nitrogens with one attached hydrogen (secondary N) is 1. The highest BCUT2D eigenvalue weighted by molar-refractivity contribution is 6.05. The van der Waals surface area contributed by atoms with Crippen molar-refractivity contribution in [1.29, 1.82) is 0 Å². The summed E-state index contributed by atoms with van der Waals surface area (Å²) in [6.07, 6.45) is 4.19. The minimum Gasteiger partial charge on any atom is -0.444 e. The number of nitrogens with two attached hydrogens (primary N) is 1. The van der Waals surface area contributed by atoms with E-state index in [4.69, 9.17) is 15.2 Å². The molecule has 216 valence electrons. The summed E-state index contributed by atoms with van der Waals surface area (Å²) in [6.45, 7) is 7.08. The molecule has 1 unspecified atom stereocenters. The monoisotopic (exact) mass is 552 g/mol. The van der Waals surface area contributed by atoms with Crippen LogP contribution in [0.15, 0.2) is 18.2 Å². The summed E-state index contributed by atoms with van der Waals surface area (Å²) in [5, 5.41) is 2.32. The molecular formula is C30H40N4O6. The Morgan fingerprint density at radius 3 is 2.58 bits per heavy atom. The van der Waals surface area contributed by atoms with Gasteiger partial charge in [0.25, 0.3) is 5.91 Å². The summed E-state index contributed by atoms with van der Waals surface area (Å²) in [5.41, 5.74) is 7.56. The molecule has 3 N–H and O–H groups in total. The lowest BCUT2D eigenvalue weighted by Crippen LogP contribution is -2.52. The zero-order valence-corrected chi connectivity index (χ0v) is 23.7. The van der Waals surface area contributed by atoms with Crippen molar-refractivity contribution < 1.29 is 28.7 Å². The van der Waals surface area contributed by atoms with Gasteiger partial charge in [-0.3, -0.25) is 19.7 Å². The summed E-state index contributed by atoms with van der Waals surface area (Å²) in [7, 11) is 0. The minimum absolute atomic E-state index is 0.0978. The van der Waals surface area contributed by atoms with E-state index in [0.717, 1.165) is 36.8 Å². The van der Waals surface area contributed by atoms with Gasteiger partial charge in [0.15, 0.2) is 0 Å². The van der Waals surface area contributed by atoms with Crippen LogP contribution in [0.2, 0.25) is 0 Å². The molecule has 1 atom stereocenters. The molecule has 4 amide bonds. The molecule has 1 aliphatic carbocycles. The molecule has 0 spiro atoms. The van der Waals surface area contributed by atoms with Crippen molar-refractivity contribution in [2.45, 2.75) is 96.0 Å². The van der Waals surface area contributed by atoms with E-state index in [-0.39, 0.29) is 43.0 Å². The maximum atomic E-state index is 13.0. The molecule has 10 heteroatoms. The van der Waals surface area contributed by atoms with E-state index in [0.29, 0.717) is 38.2 Å². The largest absolute Gasteiger partial charge is 0.444 e. The van der Waals surface area contributed by atoms with Crippen molar-refractivity contribution in [3.8, 4) is 11.8 Å². The second-order valence-corrected chi connectivity index (χ2v) is 11.6. The van der Waals surface area contributed by atoms with E-state index >= 15 is 0 Å². The predicted molar refractivity (Wildman–Crippen MR) is 148 cm³/mol. The van der Waals surface area contributed by atoms with Crippen molar-refractivity contribution in [2.75, 3.05) is 19.8 Å². The topological polar surface area (TPSA) is 131 Å². The van der Waals surface area contributed by atoms with Crippen LogP contribution in [0.5, 0.6) is 0 Å². The molecule has 1 saturated carbocycles. The number of hydrogen-bond donors (Lipinski definition) is 2. The molecule has 1 aromatic rings. The Balaban J connectivity index is 1.28. The molecule has 1 aromatic carbocycles. The minimum atomic E-state index is -0.655. The molecule has 0 aromatic heterocycles. The fourth-order valence-electron chi connectivity index (χ4n) is 5.41. The smallest absolute Gasteiger partial charge is 0.410 e. The Morgan fingerprint density at radius 2 is 1.88 bits per heavy atom. The van der Waals surface area contributed by atoms with Crippen LogP contribution in [0.4, 0.5) is 4.79 Å². The summed E-state index contributed by atoms with van der Waals surface area (Å²) in [4.78, 5) is 53.0. The van der Waals surface area contributed by atoms with Gasteiger partial charge in [-0.1, -0.05) is 17.9 Å². The Kier molecular flexibility index (Phi) is 9.48. The summed E-state index contributed by atoms with van der Waals surface area (Å²) in [5.74, 6) is 5.31. The number of rotatable bonds is 7. The third-order valence-electron chi connectivity index (χ3n) is 7.46. The van der Waals surface area contributed by atoms with Gasteiger partial charge in [-0.2, -0.15) is 0 Å². The van der Waals surface area contributed by atoms with Crippen molar-refractivity contribution in [1.82, 2.24) is 15.1 Å². The second-order valence-electron chi connectivity index (χ2n) is 11.6. The lowest BCUT2D eigenvalue weighted by Gasteiger charge is -2.36. The molecular weight excluding hydrogens is 512 g/mol. The van der Waals surface area contributed by atoms with E-state index < -0.39 is 17.6 Å². The van der Waals surface area contributed by atoms with Crippen LogP contribution in [0, 0.1) is 11.8 Å². The maximum Gasteiger partial charge on any atom is 0.410 e. The SMILES string of the molecule is CC(C)(C)OC(=O)N(CCOCCC#Cc1cccc2c1CN(C1CCC(=O)NC1=O)C2=O)C1CCC(N)CC1. The molecule has 2 aliphatic heterocycles. The third kappa shape index (κ3) is 7.40. The lowest BCUT2D eigenvalue weighted by molar-refractivity contribution is -0.136. The van der Waals surface area contributed by atoms with Crippen LogP contribution in [-0.4, -0.2) is 77.1 Å². The van der Waals surface area contributed by atoms with Gasteiger partial charge in [-0.15, -0.1) is 0 Å². The van der Waals surface area contributed by atoms with Crippen LogP contribution in [-0.2, 0) is 25.6 Å². The van der Waals surface area contributed by atoms with Gasteiger partial charge in [-0.05, 0) is 70.6 Å². The van der Waals surface area contributed by atoms with Gasteiger partial charge in [0.1, 0.15) is 11.6 Å². The number of ether oxygens (including phenoxy) is 2. The Labute approximate surface area is 235 Å². The number of amides is 4. The molecule has 0 radical (unpaired) electrons. The van der Waals surface area contributed by atoms with Crippen LogP contribution in [0.1, 0.15) is 87.2 Å². The van der Waals surface area contributed by atoms with Crippen molar-refractivity contribution in [3.05, 3.63) is 34.9 Å². The normalized spacial score (nSPS) is 22.8. The zero-order chi connectivity index (χ0) is 28.9. The first-order valence-corrected chi connectivity index (χ1v) is 14.1. The average molecular weight is 553 g/mol. The maximum absolute atomic E-state index is 13.0. The van der Waals surface area contributed by atoms with Crippen LogP contribution in [0.25, 0.3) is 0 Å². The average Bonchev–Trinajstić information content (AvgIpc) is 3.22. The number of imide groups is 1. The summed E-state index contributed by atoms with van der Waals surface area (Å²) in [6, 6.07) is 5.03. The van der Waals surface area contributed by atoms with Crippen LogP contribution < -0.4 is 11.1 Å². The molecule has 4 rings (SSSR count). The summed E-state index contributed by atoms with van der Waals surface area (Å²) < 4.78 is 11.4.